The SMILES string of the molecule is O=C(O)Cc1ccccc1COCC(F)(F)C(F)F. The fraction of sp³-hybridized carbons (Fsp3) is 0.417. The number of aliphatic carboxylic acids is 1. The van der Waals surface area contributed by atoms with Crippen molar-refractivity contribution in [2.75, 3.05) is 6.61 Å². The Morgan fingerprint density at radius 2 is 1.84 bits per heavy atom. The Kier molecular flexibility index (Phi) is 5.29. The molecule has 0 heterocycles. The number of carboxylic acids is 1. The Morgan fingerprint density at radius 1 is 1.26 bits per heavy atom. The van der Waals surface area contributed by atoms with Crippen molar-refractivity contribution in [2.24, 2.45) is 0 Å². The lowest BCUT2D eigenvalue weighted by Crippen LogP contribution is -2.32. The fourth-order valence-corrected chi connectivity index (χ4v) is 1.39. The molecule has 0 saturated heterocycles. The van der Waals surface area contributed by atoms with Gasteiger partial charge in [0.15, 0.2) is 0 Å². The molecule has 0 atom stereocenters. The standard InChI is InChI=1S/C12H12F4O3/c13-11(14)12(15,16)7-19-6-9-4-2-1-3-8(9)5-10(17)18/h1-4,11H,5-7H2,(H,17,18). The topological polar surface area (TPSA) is 46.5 Å². The summed E-state index contributed by atoms with van der Waals surface area (Å²) in [6, 6.07) is 6.18. The van der Waals surface area contributed by atoms with Gasteiger partial charge in [0.2, 0.25) is 0 Å². The minimum Gasteiger partial charge on any atom is -0.481 e. The molecule has 0 amide bonds. The second kappa shape index (κ2) is 6.51. The number of ether oxygens (including phenoxy) is 1. The van der Waals surface area contributed by atoms with Gasteiger partial charge in [-0.05, 0) is 11.1 Å². The number of benzene rings is 1. The van der Waals surface area contributed by atoms with E-state index in [1.807, 2.05) is 0 Å². The van der Waals surface area contributed by atoms with Crippen LogP contribution in [-0.2, 0) is 22.6 Å². The number of rotatable bonds is 7. The summed E-state index contributed by atoms with van der Waals surface area (Å²) in [4.78, 5) is 10.6. The monoisotopic (exact) mass is 280 g/mol. The normalized spacial score (nSPS) is 11.8. The molecule has 0 saturated carbocycles. The van der Waals surface area contributed by atoms with Crippen LogP contribution in [0.4, 0.5) is 17.6 Å². The third-order valence-corrected chi connectivity index (χ3v) is 2.33. The van der Waals surface area contributed by atoms with Gasteiger partial charge < -0.3 is 9.84 Å². The number of halogens is 4. The Hall–Kier alpha value is -1.63. The summed E-state index contributed by atoms with van der Waals surface area (Å²) in [5, 5.41) is 8.66. The van der Waals surface area contributed by atoms with Gasteiger partial charge in [0.25, 0.3) is 0 Å². The summed E-state index contributed by atoms with van der Waals surface area (Å²) in [5.41, 5.74) is 0.783. The largest absolute Gasteiger partial charge is 0.481 e. The van der Waals surface area contributed by atoms with Crippen molar-refractivity contribution in [2.45, 2.75) is 25.4 Å². The van der Waals surface area contributed by atoms with Gasteiger partial charge in [-0.25, -0.2) is 8.78 Å². The van der Waals surface area contributed by atoms with Gasteiger partial charge in [0, 0.05) is 0 Å². The van der Waals surface area contributed by atoms with Crippen LogP contribution in [0.25, 0.3) is 0 Å². The molecule has 1 N–H and O–H groups in total. The minimum absolute atomic E-state index is 0.287. The van der Waals surface area contributed by atoms with E-state index >= 15 is 0 Å². The Morgan fingerprint density at radius 3 is 2.37 bits per heavy atom. The second-order valence-corrected chi connectivity index (χ2v) is 3.89. The third-order valence-electron chi connectivity index (χ3n) is 2.33. The quantitative estimate of drug-likeness (QED) is 0.781. The van der Waals surface area contributed by atoms with Gasteiger partial charge in [-0.15, -0.1) is 0 Å². The minimum atomic E-state index is -4.21. The summed E-state index contributed by atoms with van der Waals surface area (Å²) >= 11 is 0. The van der Waals surface area contributed by atoms with Crippen LogP contribution in [0, 0.1) is 0 Å². The van der Waals surface area contributed by atoms with Crippen molar-refractivity contribution in [3.8, 4) is 0 Å². The fourth-order valence-electron chi connectivity index (χ4n) is 1.39. The molecule has 0 aliphatic rings. The van der Waals surface area contributed by atoms with Crippen LogP contribution in [0.2, 0.25) is 0 Å². The molecular weight excluding hydrogens is 268 g/mol. The summed E-state index contributed by atoms with van der Waals surface area (Å²) < 4.78 is 53.5. The highest BCUT2D eigenvalue weighted by Crippen LogP contribution is 2.23. The van der Waals surface area contributed by atoms with E-state index in [1.54, 1.807) is 12.1 Å². The molecule has 0 spiro atoms. The van der Waals surface area contributed by atoms with Crippen LogP contribution in [0.5, 0.6) is 0 Å². The lowest BCUT2D eigenvalue weighted by atomic mass is 10.1. The van der Waals surface area contributed by atoms with E-state index in [2.05, 4.69) is 4.74 Å². The maximum Gasteiger partial charge on any atom is 0.330 e. The second-order valence-electron chi connectivity index (χ2n) is 3.89. The van der Waals surface area contributed by atoms with Crippen LogP contribution in [0.3, 0.4) is 0 Å². The molecule has 1 aromatic carbocycles. The van der Waals surface area contributed by atoms with Gasteiger partial charge in [-0.3, -0.25) is 4.79 Å². The first-order valence-electron chi connectivity index (χ1n) is 5.35. The smallest absolute Gasteiger partial charge is 0.330 e. The van der Waals surface area contributed by atoms with E-state index < -0.39 is 24.9 Å². The summed E-state index contributed by atoms with van der Waals surface area (Å²) in [7, 11) is 0. The first kappa shape index (κ1) is 15.4. The van der Waals surface area contributed by atoms with Crippen molar-refractivity contribution in [1.82, 2.24) is 0 Å². The van der Waals surface area contributed by atoms with Crippen molar-refractivity contribution in [3.63, 3.8) is 0 Å². The molecule has 106 valence electrons. The molecule has 19 heavy (non-hydrogen) atoms. The van der Waals surface area contributed by atoms with Gasteiger partial charge >= 0.3 is 18.3 Å². The third kappa shape index (κ3) is 4.86. The lowest BCUT2D eigenvalue weighted by Gasteiger charge is -2.16. The molecule has 1 aromatic rings. The predicted molar refractivity (Wildman–Crippen MR) is 58.4 cm³/mol. The van der Waals surface area contributed by atoms with Crippen molar-refractivity contribution in [3.05, 3.63) is 35.4 Å². The van der Waals surface area contributed by atoms with Crippen LogP contribution in [0.15, 0.2) is 24.3 Å². The van der Waals surface area contributed by atoms with E-state index in [1.165, 1.54) is 12.1 Å². The zero-order chi connectivity index (χ0) is 14.5. The van der Waals surface area contributed by atoms with Crippen LogP contribution >= 0.6 is 0 Å². The zero-order valence-electron chi connectivity index (χ0n) is 9.78. The van der Waals surface area contributed by atoms with E-state index in [4.69, 9.17) is 5.11 Å². The first-order chi connectivity index (χ1) is 8.83. The molecule has 0 bridgehead atoms. The maximum atomic E-state index is 12.6. The van der Waals surface area contributed by atoms with Crippen molar-refractivity contribution in [1.29, 1.82) is 0 Å². The van der Waals surface area contributed by atoms with Crippen LogP contribution < -0.4 is 0 Å². The van der Waals surface area contributed by atoms with E-state index in [-0.39, 0.29) is 13.0 Å². The van der Waals surface area contributed by atoms with E-state index in [0.717, 1.165) is 0 Å². The van der Waals surface area contributed by atoms with Crippen molar-refractivity contribution < 1.29 is 32.2 Å². The predicted octanol–water partition coefficient (Wildman–Crippen LogP) is 2.73. The number of carbonyl (C=O) groups is 1. The molecule has 7 heteroatoms. The summed E-state index contributed by atoms with van der Waals surface area (Å²) in [6.07, 6.45) is -4.08. The highest BCUT2D eigenvalue weighted by atomic mass is 19.3. The Balaban J connectivity index is 2.61. The van der Waals surface area contributed by atoms with E-state index in [0.29, 0.717) is 11.1 Å². The van der Waals surface area contributed by atoms with Crippen LogP contribution in [0.1, 0.15) is 11.1 Å². The molecule has 1 rings (SSSR count). The Labute approximate surface area is 106 Å². The van der Waals surface area contributed by atoms with Crippen LogP contribution in [-0.4, -0.2) is 30.0 Å². The van der Waals surface area contributed by atoms with Gasteiger partial charge in [-0.1, -0.05) is 24.3 Å². The number of hydrogen-bond donors (Lipinski definition) is 1. The highest BCUT2D eigenvalue weighted by molar-refractivity contribution is 5.70. The highest BCUT2D eigenvalue weighted by Gasteiger charge is 2.40. The number of hydrogen-bond acceptors (Lipinski definition) is 2. The van der Waals surface area contributed by atoms with Gasteiger partial charge in [-0.2, -0.15) is 8.78 Å². The average Bonchev–Trinajstić information content (AvgIpc) is 2.30. The lowest BCUT2D eigenvalue weighted by molar-refractivity contribution is -0.168. The molecule has 0 unspecified atom stereocenters. The number of carboxylic acid groups (broad SMARTS) is 1. The molecular formula is C12H12F4O3. The first-order valence-corrected chi connectivity index (χ1v) is 5.35. The molecule has 0 fully saturated rings. The molecule has 3 nitrogen and oxygen atoms in total. The molecule has 0 radical (unpaired) electrons. The Bertz CT molecular complexity index is 435. The molecule has 0 aromatic heterocycles. The molecule has 0 aliphatic carbocycles. The van der Waals surface area contributed by atoms with E-state index in [9.17, 15) is 22.4 Å². The average molecular weight is 280 g/mol. The van der Waals surface area contributed by atoms with Crippen molar-refractivity contribution >= 4 is 5.97 Å². The summed E-state index contributed by atoms with van der Waals surface area (Å²) in [5.74, 6) is -5.28. The number of alkyl halides is 4. The maximum absolute atomic E-state index is 12.6. The summed E-state index contributed by atoms with van der Waals surface area (Å²) in [6.45, 7) is -1.75. The van der Waals surface area contributed by atoms with Gasteiger partial charge in [0.1, 0.15) is 6.61 Å². The molecule has 0 aliphatic heterocycles. The zero-order valence-corrected chi connectivity index (χ0v) is 9.78. The van der Waals surface area contributed by atoms with Gasteiger partial charge in [0.05, 0.1) is 13.0 Å².